The lowest BCUT2D eigenvalue weighted by Crippen LogP contribution is -2.40. The average Bonchev–Trinajstić information content (AvgIpc) is 3.53. The van der Waals surface area contributed by atoms with Crippen molar-refractivity contribution in [3.05, 3.63) is 51.7 Å². The maximum absolute atomic E-state index is 12.8. The molecule has 0 radical (unpaired) electrons. The zero-order valence-electron chi connectivity index (χ0n) is 18.0. The summed E-state index contributed by atoms with van der Waals surface area (Å²) in [6.45, 7) is 4.45. The van der Waals surface area contributed by atoms with Crippen molar-refractivity contribution in [2.24, 2.45) is 11.8 Å². The molecule has 1 N–H and O–H groups in total. The lowest BCUT2D eigenvalue weighted by atomic mass is 9.96. The average molecular weight is 438 g/mol. The number of hydrogen-bond acceptors (Lipinski definition) is 4. The van der Waals surface area contributed by atoms with E-state index < -0.39 is 0 Å². The predicted molar refractivity (Wildman–Crippen MR) is 124 cm³/mol. The molecule has 3 heterocycles. The first-order valence-electron chi connectivity index (χ1n) is 11.6. The number of fused-ring (bicyclic) bond motifs is 1. The standard InChI is InChI=1S/C25H31N3O2S/c29-24-14-21(16-28(24)22-7-6-19-3-1-4-20(19)13-22)25(30)26-15-18-8-10-27(11-9-18)17-23-5-2-12-31-23/h2,5-7,12-13,18,21H,1,3-4,8-11,14-17H2,(H,26,30). The van der Waals surface area contributed by atoms with Crippen LogP contribution in [-0.2, 0) is 29.0 Å². The van der Waals surface area contributed by atoms with Crippen molar-refractivity contribution >= 4 is 28.8 Å². The quantitative estimate of drug-likeness (QED) is 0.751. The van der Waals surface area contributed by atoms with Crippen LogP contribution in [0.4, 0.5) is 5.69 Å². The first kappa shape index (κ1) is 20.7. The predicted octanol–water partition coefficient (Wildman–Crippen LogP) is 3.62. The van der Waals surface area contributed by atoms with Crippen LogP contribution in [0.3, 0.4) is 0 Å². The summed E-state index contributed by atoms with van der Waals surface area (Å²) in [6.07, 6.45) is 6.00. The monoisotopic (exact) mass is 437 g/mol. The zero-order valence-corrected chi connectivity index (χ0v) is 18.8. The number of carbonyl (C=O) groups excluding carboxylic acids is 2. The minimum Gasteiger partial charge on any atom is -0.356 e. The minimum atomic E-state index is -0.236. The first-order valence-corrected chi connectivity index (χ1v) is 12.5. The number of rotatable bonds is 6. The fraction of sp³-hybridized carbons (Fsp3) is 0.520. The second-order valence-corrected chi connectivity index (χ2v) is 10.3. The summed E-state index contributed by atoms with van der Waals surface area (Å²) in [5.74, 6) is 0.408. The Kier molecular flexibility index (Phi) is 6.10. The highest BCUT2D eigenvalue weighted by atomic mass is 32.1. The fourth-order valence-corrected chi connectivity index (χ4v) is 5.97. The molecule has 5 nitrogen and oxygen atoms in total. The van der Waals surface area contributed by atoms with Gasteiger partial charge in [0, 0.05) is 36.6 Å². The molecule has 0 saturated carbocycles. The fourth-order valence-electron chi connectivity index (χ4n) is 5.22. The zero-order chi connectivity index (χ0) is 21.2. The van der Waals surface area contributed by atoms with E-state index in [1.807, 2.05) is 22.3 Å². The number of thiophene rings is 1. The van der Waals surface area contributed by atoms with Gasteiger partial charge in [0.1, 0.15) is 0 Å². The number of nitrogens with zero attached hydrogens (tertiary/aromatic N) is 2. The molecule has 1 atom stereocenters. The van der Waals surface area contributed by atoms with E-state index in [1.165, 1.54) is 22.4 Å². The summed E-state index contributed by atoms with van der Waals surface area (Å²) in [4.78, 5) is 31.1. The van der Waals surface area contributed by atoms with E-state index in [1.54, 1.807) is 0 Å². The van der Waals surface area contributed by atoms with E-state index in [0.717, 1.165) is 57.5 Å². The Hall–Kier alpha value is -2.18. The summed E-state index contributed by atoms with van der Waals surface area (Å²) >= 11 is 1.82. The SMILES string of the molecule is O=C(NCC1CCN(Cc2cccs2)CC1)C1CC(=O)N(c2ccc3c(c2)CCC3)C1. The van der Waals surface area contributed by atoms with Gasteiger partial charge in [-0.2, -0.15) is 0 Å². The van der Waals surface area contributed by atoms with Gasteiger partial charge in [-0.3, -0.25) is 14.5 Å². The lowest BCUT2D eigenvalue weighted by Gasteiger charge is -2.31. The number of anilines is 1. The normalized spacial score (nSPS) is 22.1. The van der Waals surface area contributed by atoms with Crippen LogP contribution in [0.1, 0.15) is 41.7 Å². The first-order chi connectivity index (χ1) is 15.2. The summed E-state index contributed by atoms with van der Waals surface area (Å²) in [7, 11) is 0. The molecule has 1 unspecified atom stereocenters. The van der Waals surface area contributed by atoms with E-state index >= 15 is 0 Å². The van der Waals surface area contributed by atoms with E-state index in [2.05, 4.69) is 39.9 Å². The van der Waals surface area contributed by atoms with E-state index in [0.29, 0.717) is 18.9 Å². The van der Waals surface area contributed by atoms with E-state index in [9.17, 15) is 9.59 Å². The Morgan fingerprint density at radius 3 is 2.77 bits per heavy atom. The van der Waals surface area contributed by atoms with Crippen LogP contribution >= 0.6 is 11.3 Å². The summed E-state index contributed by atoms with van der Waals surface area (Å²) in [5.41, 5.74) is 3.73. The van der Waals surface area contributed by atoms with Crippen molar-refractivity contribution in [3.63, 3.8) is 0 Å². The van der Waals surface area contributed by atoms with Crippen LogP contribution in [0.5, 0.6) is 0 Å². The summed E-state index contributed by atoms with van der Waals surface area (Å²) in [6, 6.07) is 10.7. The van der Waals surface area contributed by atoms with Crippen molar-refractivity contribution in [2.75, 3.05) is 31.1 Å². The molecule has 3 aliphatic rings. The van der Waals surface area contributed by atoms with Gasteiger partial charge in [-0.25, -0.2) is 0 Å². The molecular weight excluding hydrogens is 406 g/mol. The molecule has 6 heteroatoms. The second-order valence-electron chi connectivity index (χ2n) is 9.26. The topological polar surface area (TPSA) is 52.7 Å². The van der Waals surface area contributed by atoms with Gasteiger partial charge in [-0.1, -0.05) is 12.1 Å². The van der Waals surface area contributed by atoms with Gasteiger partial charge < -0.3 is 10.2 Å². The molecule has 2 fully saturated rings. The molecule has 0 spiro atoms. The van der Waals surface area contributed by atoms with E-state index in [4.69, 9.17) is 0 Å². The lowest BCUT2D eigenvalue weighted by molar-refractivity contribution is -0.126. The number of likely N-dealkylation sites (tertiary alicyclic amines) is 1. The summed E-state index contributed by atoms with van der Waals surface area (Å²) < 4.78 is 0. The highest BCUT2D eigenvalue weighted by Crippen LogP contribution is 2.30. The van der Waals surface area contributed by atoms with Crippen molar-refractivity contribution in [2.45, 2.75) is 45.1 Å². The van der Waals surface area contributed by atoms with Gasteiger partial charge in [-0.05, 0) is 85.8 Å². The third-order valence-electron chi connectivity index (χ3n) is 7.12. The Labute approximate surface area is 188 Å². The van der Waals surface area contributed by atoms with Crippen LogP contribution < -0.4 is 10.2 Å². The van der Waals surface area contributed by atoms with Crippen molar-refractivity contribution in [1.82, 2.24) is 10.2 Å². The number of hydrogen-bond donors (Lipinski definition) is 1. The third kappa shape index (κ3) is 4.70. The number of amides is 2. The largest absolute Gasteiger partial charge is 0.356 e. The number of benzene rings is 1. The van der Waals surface area contributed by atoms with Gasteiger partial charge in [0.25, 0.3) is 0 Å². The molecule has 2 saturated heterocycles. The van der Waals surface area contributed by atoms with Crippen molar-refractivity contribution in [3.8, 4) is 0 Å². The molecule has 0 bridgehead atoms. The molecular formula is C25H31N3O2S. The minimum absolute atomic E-state index is 0.0398. The Bertz CT molecular complexity index is 934. The Morgan fingerprint density at radius 2 is 1.97 bits per heavy atom. The van der Waals surface area contributed by atoms with Crippen LogP contribution in [-0.4, -0.2) is 42.9 Å². The highest BCUT2D eigenvalue weighted by molar-refractivity contribution is 7.09. The van der Waals surface area contributed by atoms with Gasteiger partial charge in [0.2, 0.25) is 11.8 Å². The maximum atomic E-state index is 12.8. The third-order valence-corrected chi connectivity index (χ3v) is 7.98. The molecule has 31 heavy (non-hydrogen) atoms. The Balaban J connectivity index is 1.09. The van der Waals surface area contributed by atoms with Crippen LogP contribution in [0, 0.1) is 11.8 Å². The highest BCUT2D eigenvalue weighted by Gasteiger charge is 2.35. The smallest absolute Gasteiger partial charge is 0.227 e. The van der Waals surface area contributed by atoms with Gasteiger partial charge in [0.15, 0.2) is 0 Å². The molecule has 1 aromatic carbocycles. The number of aryl methyl sites for hydroxylation is 2. The van der Waals surface area contributed by atoms with Crippen LogP contribution in [0.15, 0.2) is 35.7 Å². The van der Waals surface area contributed by atoms with Crippen LogP contribution in [0.25, 0.3) is 0 Å². The van der Waals surface area contributed by atoms with Gasteiger partial charge in [0.05, 0.1) is 5.92 Å². The molecule has 1 aliphatic carbocycles. The van der Waals surface area contributed by atoms with Gasteiger partial charge in [-0.15, -0.1) is 11.3 Å². The molecule has 2 aromatic rings. The molecule has 1 aromatic heterocycles. The number of piperidine rings is 1. The van der Waals surface area contributed by atoms with Crippen LogP contribution in [0.2, 0.25) is 0 Å². The van der Waals surface area contributed by atoms with Crippen molar-refractivity contribution < 1.29 is 9.59 Å². The Morgan fingerprint density at radius 1 is 1.13 bits per heavy atom. The maximum Gasteiger partial charge on any atom is 0.227 e. The van der Waals surface area contributed by atoms with Crippen molar-refractivity contribution in [1.29, 1.82) is 0 Å². The van der Waals surface area contributed by atoms with Gasteiger partial charge >= 0.3 is 0 Å². The van der Waals surface area contributed by atoms with E-state index in [-0.39, 0.29) is 17.7 Å². The number of nitrogens with one attached hydrogen (secondary N) is 1. The molecule has 2 aliphatic heterocycles. The summed E-state index contributed by atoms with van der Waals surface area (Å²) in [5, 5.41) is 5.29. The second kappa shape index (κ2) is 9.13. The molecule has 164 valence electrons. The molecule has 5 rings (SSSR count). The molecule has 2 amide bonds. The number of carbonyl (C=O) groups is 2.